The fraction of sp³-hybridized carbons (Fsp3) is 0.478. The third-order valence-electron chi connectivity index (χ3n) is 6.27. The SMILES string of the molecule is CN1C(=O)OCc2cc(-c3cncc4c3CC(CO)CC4NS(=O)(=O)C(C)(C)C)ccc21. The molecule has 0 fully saturated rings. The van der Waals surface area contributed by atoms with Gasteiger partial charge in [-0.3, -0.25) is 9.88 Å². The lowest BCUT2D eigenvalue weighted by atomic mass is 9.79. The van der Waals surface area contributed by atoms with Gasteiger partial charge in [0, 0.05) is 43.2 Å². The van der Waals surface area contributed by atoms with Gasteiger partial charge >= 0.3 is 6.09 Å². The van der Waals surface area contributed by atoms with E-state index in [4.69, 9.17) is 4.74 Å². The molecule has 8 nitrogen and oxygen atoms in total. The minimum absolute atomic E-state index is 0.0279. The molecule has 0 radical (unpaired) electrons. The highest BCUT2D eigenvalue weighted by Crippen LogP contribution is 2.40. The number of aromatic nitrogens is 1. The number of benzene rings is 1. The normalized spacial score (nSPS) is 21.0. The number of carbonyl (C=O) groups excluding carboxylic acids is 1. The summed E-state index contributed by atoms with van der Waals surface area (Å²) < 4.78 is 32.8. The molecule has 0 spiro atoms. The number of anilines is 1. The predicted molar refractivity (Wildman–Crippen MR) is 122 cm³/mol. The first-order valence-corrected chi connectivity index (χ1v) is 12.1. The van der Waals surface area contributed by atoms with E-state index >= 15 is 0 Å². The number of nitrogens with one attached hydrogen (secondary N) is 1. The number of sulfonamides is 1. The summed E-state index contributed by atoms with van der Waals surface area (Å²) >= 11 is 0. The van der Waals surface area contributed by atoms with Crippen LogP contribution in [0.5, 0.6) is 0 Å². The number of aliphatic hydroxyl groups is 1. The maximum atomic E-state index is 12.9. The summed E-state index contributed by atoms with van der Waals surface area (Å²) in [4.78, 5) is 17.7. The van der Waals surface area contributed by atoms with Gasteiger partial charge in [0.15, 0.2) is 0 Å². The van der Waals surface area contributed by atoms with Gasteiger partial charge in [-0.05, 0) is 68.4 Å². The lowest BCUT2D eigenvalue weighted by Gasteiger charge is -2.34. The number of nitrogens with zero attached hydrogens (tertiary/aromatic N) is 2. The Bertz CT molecular complexity index is 1160. The molecule has 2 aliphatic rings. The van der Waals surface area contributed by atoms with Gasteiger partial charge in [0.2, 0.25) is 10.0 Å². The van der Waals surface area contributed by atoms with Crippen LogP contribution in [-0.4, -0.2) is 43.0 Å². The molecule has 1 aromatic carbocycles. The van der Waals surface area contributed by atoms with Crippen molar-refractivity contribution in [3.05, 3.63) is 47.3 Å². The zero-order chi connectivity index (χ0) is 23.3. The highest BCUT2D eigenvalue weighted by atomic mass is 32.2. The molecule has 0 saturated carbocycles. The standard InChI is InChI=1S/C23H29N3O5S/c1-23(2,3)32(29,30)25-20-8-14(12-27)7-17-18(10-24-11-19(17)20)15-5-6-21-16(9-15)13-31-22(28)26(21)4/h5-6,9-11,14,20,25,27H,7-8,12-13H2,1-4H3. The number of hydrogen-bond acceptors (Lipinski definition) is 6. The average Bonchev–Trinajstić information content (AvgIpc) is 2.74. The van der Waals surface area contributed by atoms with Gasteiger partial charge in [-0.15, -0.1) is 0 Å². The molecule has 2 atom stereocenters. The number of pyridine rings is 1. The van der Waals surface area contributed by atoms with Crippen LogP contribution in [0.1, 0.15) is 49.9 Å². The van der Waals surface area contributed by atoms with Gasteiger partial charge in [-0.2, -0.15) is 0 Å². The van der Waals surface area contributed by atoms with Gasteiger partial charge in [0.05, 0.1) is 10.4 Å². The maximum absolute atomic E-state index is 12.9. The Morgan fingerprint density at radius 2 is 2.03 bits per heavy atom. The molecule has 9 heteroatoms. The minimum atomic E-state index is -3.59. The van der Waals surface area contributed by atoms with E-state index in [0.29, 0.717) is 12.8 Å². The van der Waals surface area contributed by atoms with Gasteiger partial charge in [-0.1, -0.05) is 6.07 Å². The van der Waals surface area contributed by atoms with Crippen LogP contribution in [0, 0.1) is 5.92 Å². The molecule has 1 aromatic heterocycles. The van der Waals surface area contributed by atoms with Crippen molar-refractivity contribution in [2.75, 3.05) is 18.6 Å². The summed E-state index contributed by atoms with van der Waals surface area (Å²) in [5, 5.41) is 9.92. The van der Waals surface area contributed by atoms with Crippen LogP contribution in [0.15, 0.2) is 30.6 Å². The molecule has 1 aliphatic heterocycles. The van der Waals surface area contributed by atoms with E-state index in [0.717, 1.165) is 33.5 Å². The molecule has 2 N–H and O–H groups in total. The molecule has 0 saturated heterocycles. The Morgan fingerprint density at radius 3 is 2.72 bits per heavy atom. The summed E-state index contributed by atoms with van der Waals surface area (Å²) in [7, 11) is -1.92. The van der Waals surface area contributed by atoms with E-state index in [-0.39, 0.29) is 25.2 Å². The van der Waals surface area contributed by atoms with Crippen LogP contribution in [-0.2, 0) is 27.8 Å². The first-order chi connectivity index (χ1) is 15.0. The van der Waals surface area contributed by atoms with Crippen molar-refractivity contribution in [3.63, 3.8) is 0 Å². The van der Waals surface area contributed by atoms with E-state index < -0.39 is 20.8 Å². The van der Waals surface area contributed by atoms with Gasteiger partial charge < -0.3 is 9.84 Å². The Labute approximate surface area is 188 Å². The molecule has 2 heterocycles. The van der Waals surface area contributed by atoms with Crippen LogP contribution < -0.4 is 9.62 Å². The lowest BCUT2D eigenvalue weighted by Crippen LogP contribution is -2.43. The zero-order valence-corrected chi connectivity index (χ0v) is 19.6. The van der Waals surface area contributed by atoms with Gasteiger partial charge in [0.1, 0.15) is 6.61 Å². The topological polar surface area (TPSA) is 109 Å². The molecule has 32 heavy (non-hydrogen) atoms. The largest absolute Gasteiger partial charge is 0.444 e. The number of rotatable bonds is 4. The zero-order valence-electron chi connectivity index (χ0n) is 18.8. The van der Waals surface area contributed by atoms with E-state index in [2.05, 4.69) is 9.71 Å². The summed E-state index contributed by atoms with van der Waals surface area (Å²) in [5.41, 5.74) is 5.31. The van der Waals surface area contributed by atoms with Crippen LogP contribution in [0.2, 0.25) is 0 Å². The Morgan fingerprint density at radius 1 is 1.28 bits per heavy atom. The van der Waals surface area contributed by atoms with Crippen molar-refractivity contribution in [1.29, 1.82) is 0 Å². The van der Waals surface area contributed by atoms with Crippen molar-refractivity contribution in [2.24, 2.45) is 5.92 Å². The van der Waals surface area contributed by atoms with Crippen molar-refractivity contribution >= 4 is 21.8 Å². The van der Waals surface area contributed by atoms with Crippen LogP contribution in [0.4, 0.5) is 10.5 Å². The molecular weight excluding hydrogens is 430 g/mol. The average molecular weight is 460 g/mol. The van der Waals surface area contributed by atoms with Crippen molar-refractivity contribution in [3.8, 4) is 11.1 Å². The van der Waals surface area contributed by atoms with Crippen LogP contribution >= 0.6 is 0 Å². The molecule has 2 aromatic rings. The van der Waals surface area contributed by atoms with E-state index in [9.17, 15) is 18.3 Å². The lowest BCUT2D eigenvalue weighted by molar-refractivity contribution is 0.143. The molecule has 2 unspecified atom stereocenters. The summed E-state index contributed by atoms with van der Waals surface area (Å²) in [6.45, 7) is 5.15. The molecule has 1 amide bonds. The second kappa shape index (κ2) is 8.13. The van der Waals surface area contributed by atoms with Gasteiger partial charge in [0.25, 0.3) is 0 Å². The second-order valence-corrected chi connectivity index (χ2v) is 12.0. The number of cyclic esters (lactones) is 1. The quantitative estimate of drug-likeness (QED) is 0.727. The fourth-order valence-corrected chi connectivity index (χ4v) is 5.21. The highest BCUT2D eigenvalue weighted by Gasteiger charge is 2.36. The summed E-state index contributed by atoms with van der Waals surface area (Å²) in [6.07, 6.45) is 4.24. The van der Waals surface area contributed by atoms with E-state index in [1.807, 2.05) is 18.2 Å². The molecule has 4 rings (SSSR count). The molecule has 172 valence electrons. The first-order valence-electron chi connectivity index (χ1n) is 10.6. The highest BCUT2D eigenvalue weighted by molar-refractivity contribution is 7.90. The number of amides is 1. The monoisotopic (exact) mass is 459 g/mol. The Balaban J connectivity index is 1.77. The smallest absolute Gasteiger partial charge is 0.414 e. The van der Waals surface area contributed by atoms with E-state index in [1.165, 1.54) is 4.90 Å². The third kappa shape index (κ3) is 4.00. The number of ether oxygens (including phenoxy) is 1. The fourth-order valence-electron chi connectivity index (χ4n) is 4.26. The van der Waals surface area contributed by atoms with Crippen LogP contribution in [0.25, 0.3) is 11.1 Å². The first kappa shape index (κ1) is 22.7. The number of fused-ring (bicyclic) bond motifs is 2. The second-order valence-electron chi connectivity index (χ2n) is 9.49. The van der Waals surface area contributed by atoms with Crippen molar-refractivity contribution in [2.45, 2.75) is 51.0 Å². The van der Waals surface area contributed by atoms with Crippen molar-refractivity contribution in [1.82, 2.24) is 9.71 Å². The Hall–Kier alpha value is -2.49. The Kier molecular flexibility index (Phi) is 5.77. The predicted octanol–water partition coefficient (Wildman–Crippen LogP) is 3.15. The van der Waals surface area contributed by atoms with Crippen LogP contribution in [0.3, 0.4) is 0 Å². The summed E-state index contributed by atoms with van der Waals surface area (Å²) in [6, 6.07) is 5.34. The van der Waals surface area contributed by atoms with Crippen molar-refractivity contribution < 1.29 is 23.1 Å². The molecular formula is C23H29N3O5S. The number of aliphatic hydroxyl groups excluding tert-OH is 1. The third-order valence-corrected chi connectivity index (χ3v) is 8.47. The molecule has 0 bridgehead atoms. The number of carbonyl (C=O) groups is 1. The molecule has 1 aliphatic carbocycles. The number of hydrogen-bond donors (Lipinski definition) is 2. The van der Waals surface area contributed by atoms with E-state index in [1.54, 1.807) is 40.2 Å². The minimum Gasteiger partial charge on any atom is -0.444 e. The maximum Gasteiger partial charge on any atom is 0.414 e. The summed E-state index contributed by atoms with van der Waals surface area (Å²) in [5.74, 6) is -0.0685. The van der Waals surface area contributed by atoms with Gasteiger partial charge in [-0.25, -0.2) is 17.9 Å².